The fourth-order valence-corrected chi connectivity index (χ4v) is 4.51. The Morgan fingerprint density at radius 3 is 2.55 bits per heavy atom. The average molecular weight is 474 g/mol. The standard InChI is InChI=1S/C15H21NO3S.C11H18.C2H4/c1-11-5-3-7-14(17)16(11)10-4-6-12-8-9-13(20-12)15(18)19-2;1-4-7-8-10-11(6-3)9-5-2;1-2/h8-9,11H,3-7,10H2,1-2H3;4-7,9H,8,10H2,1-3H3;1-2H2/b;7-4+,9-5-,11-6+;. The van der Waals surface area contributed by atoms with E-state index in [2.05, 4.69) is 71.2 Å². The molecule has 1 aromatic heterocycles. The minimum atomic E-state index is -0.277. The van der Waals surface area contributed by atoms with Crippen molar-refractivity contribution in [3.05, 3.63) is 71.0 Å². The lowest BCUT2D eigenvalue weighted by Gasteiger charge is -2.33. The number of hydrogen-bond donors (Lipinski definition) is 0. The Morgan fingerprint density at radius 1 is 1.24 bits per heavy atom. The number of esters is 1. The van der Waals surface area contributed by atoms with Gasteiger partial charge < -0.3 is 9.64 Å². The first-order valence-electron chi connectivity index (χ1n) is 11.8. The SMILES string of the molecule is C/C=C\C(=C/C)CC/C=C/C.C=C.COC(=O)c1ccc(CCCN2C(=O)CCCC2C)s1. The van der Waals surface area contributed by atoms with Gasteiger partial charge in [0, 0.05) is 23.9 Å². The van der Waals surface area contributed by atoms with Gasteiger partial charge in [-0.15, -0.1) is 24.5 Å². The van der Waals surface area contributed by atoms with Crippen LogP contribution in [0.25, 0.3) is 0 Å². The maximum Gasteiger partial charge on any atom is 0.348 e. The van der Waals surface area contributed by atoms with Gasteiger partial charge in [-0.2, -0.15) is 0 Å². The third-order valence-electron chi connectivity index (χ3n) is 5.32. The van der Waals surface area contributed by atoms with Gasteiger partial charge in [0.2, 0.25) is 5.91 Å². The number of aryl methyl sites for hydroxylation is 1. The summed E-state index contributed by atoms with van der Waals surface area (Å²) in [5.41, 5.74) is 1.42. The number of nitrogens with zero attached hydrogens (tertiary/aromatic N) is 1. The number of piperidine rings is 1. The van der Waals surface area contributed by atoms with Gasteiger partial charge in [-0.1, -0.05) is 36.0 Å². The number of thiophene rings is 1. The molecule has 4 nitrogen and oxygen atoms in total. The van der Waals surface area contributed by atoms with Crippen molar-refractivity contribution >= 4 is 23.2 Å². The number of ether oxygens (including phenoxy) is 1. The van der Waals surface area contributed by atoms with E-state index in [0.717, 1.165) is 45.1 Å². The van der Waals surface area contributed by atoms with Crippen molar-refractivity contribution in [1.82, 2.24) is 4.90 Å². The summed E-state index contributed by atoms with van der Waals surface area (Å²) in [5.74, 6) is 0.00580. The van der Waals surface area contributed by atoms with E-state index in [9.17, 15) is 9.59 Å². The zero-order chi connectivity index (χ0) is 25.1. The second kappa shape index (κ2) is 19.1. The predicted molar refractivity (Wildman–Crippen MR) is 143 cm³/mol. The van der Waals surface area contributed by atoms with Gasteiger partial charge in [0.15, 0.2) is 0 Å². The zero-order valence-electron chi connectivity index (χ0n) is 21.3. The van der Waals surface area contributed by atoms with Crippen LogP contribution in [0.3, 0.4) is 0 Å². The number of carbonyl (C=O) groups is 2. The molecule has 1 fully saturated rings. The van der Waals surface area contributed by atoms with Gasteiger partial charge in [0.05, 0.1) is 7.11 Å². The third-order valence-corrected chi connectivity index (χ3v) is 6.45. The van der Waals surface area contributed by atoms with Crippen LogP contribution in [0.4, 0.5) is 0 Å². The van der Waals surface area contributed by atoms with Gasteiger partial charge in [-0.05, 0) is 78.4 Å². The van der Waals surface area contributed by atoms with Crippen molar-refractivity contribution in [1.29, 1.82) is 0 Å². The Kier molecular flexibility index (Phi) is 17.7. The first kappa shape index (κ1) is 30.6. The van der Waals surface area contributed by atoms with Crippen LogP contribution < -0.4 is 0 Å². The molecule has 1 atom stereocenters. The van der Waals surface area contributed by atoms with Crippen LogP contribution in [-0.4, -0.2) is 36.5 Å². The number of likely N-dealkylation sites (tertiary alicyclic amines) is 1. The minimum absolute atomic E-state index is 0.277. The summed E-state index contributed by atoms with van der Waals surface area (Å²) in [6.07, 6.45) is 17.7. The van der Waals surface area contributed by atoms with Gasteiger partial charge in [0.1, 0.15) is 4.88 Å². The van der Waals surface area contributed by atoms with Crippen molar-refractivity contribution in [2.45, 2.75) is 78.7 Å². The van der Waals surface area contributed by atoms with E-state index in [-0.39, 0.29) is 11.9 Å². The summed E-state index contributed by atoms with van der Waals surface area (Å²) in [6.45, 7) is 15.1. The summed E-state index contributed by atoms with van der Waals surface area (Å²) >= 11 is 1.48. The van der Waals surface area contributed by atoms with E-state index in [4.69, 9.17) is 4.74 Å². The molecule has 0 aliphatic carbocycles. The van der Waals surface area contributed by atoms with E-state index in [1.807, 2.05) is 11.0 Å². The van der Waals surface area contributed by atoms with Gasteiger partial charge in [-0.3, -0.25) is 4.79 Å². The van der Waals surface area contributed by atoms with Crippen LogP contribution in [0.1, 0.15) is 80.8 Å². The fourth-order valence-electron chi connectivity index (χ4n) is 3.54. The van der Waals surface area contributed by atoms with Crippen molar-refractivity contribution < 1.29 is 14.3 Å². The molecule has 0 bridgehead atoms. The molecule has 0 N–H and O–H groups in total. The molecule has 1 amide bonds. The Labute approximate surface area is 205 Å². The number of allylic oxidation sites excluding steroid dienone is 6. The largest absolute Gasteiger partial charge is 0.465 e. The smallest absolute Gasteiger partial charge is 0.348 e. The highest BCUT2D eigenvalue weighted by atomic mass is 32.1. The highest BCUT2D eigenvalue weighted by Crippen LogP contribution is 2.21. The number of rotatable bonds is 9. The van der Waals surface area contributed by atoms with Crippen LogP contribution in [0.5, 0.6) is 0 Å². The van der Waals surface area contributed by atoms with Crippen LogP contribution in [0.2, 0.25) is 0 Å². The van der Waals surface area contributed by atoms with E-state index < -0.39 is 0 Å². The lowest BCUT2D eigenvalue weighted by molar-refractivity contribution is -0.135. The highest BCUT2D eigenvalue weighted by Gasteiger charge is 2.23. The summed E-state index contributed by atoms with van der Waals surface area (Å²) in [5, 5.41) is 0. The Bertz CT molecular complexity index is 776. The summed E-state index contributed by atoms with van der Waals surface area (Å²) < 4.78 is 4.70. The molecular weight excluding hydrogens is 430 g/mol. The molecule has 1 aromatic rings. The second-order valence-corrected chi connectivity index (χ2v) is 8.83. The molecule has 1 saturated heterocycles. The molecule has 1 aliphatic heterocycles. The molecule has 0 spiro atoms. The van der Waals surface area contributed by atoms with Crippen LogP contribution in [0.15, 0.2) is 61.2 Å². The Hall–Kier alpha value is -2.40. The van der Waals surface area contributed by atoms with Gasteiger partial charge >= 0.3 is 5.97 Å². The predicted octanol–water partition coefficient (Wildman–Crippen LogP) is 7.54. The maximum absolute atomic E-state index is 11.8. The second-order valence-electron chi connectivity index (χ2n) is 7.66. The summed E-state index contributed by atoms with van der Waals surface area (Å²) in [4.78, 5) is 27.0. The topological polar surface area (TPSA) is 46.6 Å². The van der Waals surface area contributed by atoms with Gasteiger partial charge in [0.25, 0.3) is 0 Å². The average Bonchev–Trinajstić information content (AvgIpc) is 3.31. The number of methoxy groups -OCH3 is 1. The molecule has 184 valence electrons. The van der Waals surface area contributed by atoms with Gasteiger partial charge in [-0.25, -0.2) is 4.79 Å². The van der Waals surface area contributed by atoms with Crippen LogP contribution in [-0.2, 0) is 16.0 Å². The Morgan fingerprint density at radius 2 is 1.97 bits per heavy atom. The maximum atomic E-state index is 11.8. The molecule has 1 unspecified atom stereocenters. The minimum Gasteiger partial charge on any atom is -0.465 e. The van der Waals surface area contributed by atoms with E-state index in [1.165, 1.54) is 28.9 Å². The lowest BCUT2D eigenvalue weighted by Crippen LogP contribution is -2.42. The number of hydrogen-bond acceptors (Lipinski definition) is 4. The van der Waals surface area contributed by atoms with Crippen molar-refractivity contribution in [3.8, 4) is 0 Å². The summed E-state index contributed by atoms with van der Waals surface area (Å²) in [7, 11) is 1.39. The first-order chi connectivity index (χ1) is 16.0. The highest BCUT2D eigenvalue weighted by molar-refractivity contribution is 7.13. The number of carbonyl (C=O) groups excluding carboxylic acids is 2. The molecule has 0 aromatic carbocycles. The molecule has 33 heavy (non-hydrogen) atoms. The quantitative estimate of drug-likeness (QED) is 0.211. The molecule has 5 heteroatoms. The molecule has 0 radical (unpaired) electrons. The van der Waals surface area contributed by atoms with Crippen molar-refractivity contribution in [3.63, 3.8) is 0 Å². The van der Waals surface area contributed by atoms with E-state index in [1.54, 1.807) is 6.07 Å². The number of amides is 1. The first-order valence-corrected chi connectivity index (χ1v) is 12.6. The lowest BCUT2D eigenvalue weighted by atomic mass is 10.0. The molecule has 0 saturated carbocycles. The van der Waals surface area contributed by atoms with Crippen LogP contribution >= 0.6 is 11.3 Å². The van der Waals surface area contributed by atoms with Crippen molar-refractivity contribution in [2.24, 2.45) is 0 Å². The summed E-state index contributed by atoms with van der Waals surface area (Å²) in [6, 6.07) is 4.14. The van der Waals surface area contributed by atoms with Crippen molar-refractivity contribution in [2.75, 3.05) is 13.7 Å². The van der Waals surface area contributed by atoms with Crippen LogP contribution in [0, 0.1) is 0 Å². The fraction of sp³-hybridized carbons (Fsp3) is 0.500. The van der Waals surface area contributed by atoms with E-state index in [0.29, 0.717) is 17.3 Å². The Balaban J connectivity index is 0.000000673. The molecule has 1 aliphatic rings. The normalized spacial score (nSPS) is 16.3. The third kappa shape index (κ3) is 12.4. The zero-order valence-corrected chi connectivity index (χ0v) is 22.1. The molecule has 2 rings (SSSR count). The monoisotopic (exact) mass is 473 g/mol. The molecule has 2 heterocycles. The van der Waals surface area contributed by atoms with E-state index >= 15 is 0 Å². The molecular formula is C28H43NO3S.